The van der Waals surface area contributed by atoms with Gasteiger partial charge in [-0.15, -0.1) is 11.3 Å². The third kappa shape index (κ3) is 5.33. The van der Waals surface area contributed by atoms with Crippen LogP contribution in [0.25, 0.3) is 0 Å². The maximum absolute atomic E-state index is 11.8. The fourth-order valence-electron chi connectivity index (χ4n) is 2.21. The van der Waals surface area contributed by atoms with Crippen LogP contribution in [0.3, 0.4) is 0 Å². The summed E-state index contributed by atoms with van der Waals surface area (Å²) in [5.74, 6) is 0.567. The molecule has 19 heavy (non-hydrogen) atoms. The Labute approximate surface area is 121 Å². The monoisotopic (exact) mass is 282 g/mol. The van der Waals surface area contributed by atoms with E-state index < -0.39 is 0 Å². The zero-order valence-electron chi connectivity index (χ0n) is 12.5. The molecule has 108 valence electrons. The fraction of sp³-hybridized carbons (Fsp3) is 0.667. The first-order valence-electron chi connectivity index (χ1n) is 7.12. The van der Waals surface area contributed by atoms with Crippen molar-refractivity contribution in [3.8, 4) is 0 Å². The highest BCUT2D eigenvalue weighted by Gasteiger charge is 2.19. The Morgan fingerprint density at radius 3 is 2.53 bits per heavy atom. The van der Waals surface area contributed by atoms with E-state index in [0.717, 1.165) is 13.1 Å². The zero-order valence-corrected chi connectivity index (χ0v) is 13.3. The summed E-state index contributed by atoms with van der Waals surface area (Å²) < 4.78 is 0. The number of thiophene rings is 1. The van der Waals surface area contributed by atoms with Crippen LogP contribution in [0.1, 0.15) is 45.0 Å². The number of likely N-dealkylation sites (N-methyl/N-ethyl adjacent to an activating group) is 1. The smallest absolute Gasteiger partial charge is 0.220 e. The predicted molar refractivity (Wildman–Crippen MR) is 82.4 cm³/mol. The number of rotatable bonds is 8. The SMILES string of the molecule is CCN(CC)C(CNC(=O)CC(C)C)c1cccs1. The molecule has 0 saturated heterocycles. The molecule has 0 aliphatic carbocycles. The van der Waals surface area contributed by atoms with Crippen LogP contribution in [0.2, 0.25) is 0 Å². The molecule has 0 aliphatic rings. The van der Waals surface area contributed by atoms with Crippen molar-refractivity contribution in [1.82, 2.24) is 10.2 Å². The molecular weight excluding hydrogens is 256 g/mol. The summed E-state index contributed by atoms with van der Waals surface area (Å²) in [5, 5.41) is 5.18. The lowest BCUT2D eigenvalue weighted by atomic mass is 10.1. The van der Waals surface area contributed by atoms with Gasteiger partial charge in [0.05, 0.1) is 6.04 Å². The molecule has 0 radical (unpaired) electrons. The Morgan fingerprint density at radius 1 is 1.37 bits per heavy atom. The predicted octanol–water partition coefficient (Wildman–Crippen LogP) is 3.29. The van der Waals surface area contributed by atoms with E-state index in [4.69, 9.17) is 0 Å². The average Bonchev–Trinajstić information content (AvgIpc) is 2.87. The summed E-state index contributed by atoms with van der Waals surface area (Å²) in [6, 6.07) is 4.53. The second-order valence-corrected chi connectivity index (χ2v) is 6.13. The molecule has 1 amide bonds. The molecule has 1 atom stereocenters. The second-order valence-electron chi connectivity index (χ2n) is 5.15. The molecule has 1 unspecified atom stereocenters. The van der Waals surface area contributed by atoms with Crippen LogP contribution in [-0.4, -0.2) is 30.4 Å². The minimum atomic E-state index is 0.156. The van der Waals surface area contributed by atoms with Gasteiger partial charge in [0.2, 0.25) is 5.91 Å². The molecule has 1 heterocycles. The van der Waals surface area contributed by atoms with Gasteiger partial charge < -0.3 is 5.32 Å². The van der Waals surface area contributed by atoms with Crippen molar-refractivity contribution in [3.63, 3.8) is 0 Å². The topological polar surface area (TPSA) is 32.3 Å². The lowest BCUT2D eigenvalue weighted by Crippen LogP contribution is -2.37. The van der Waals surface area contributed by atoms with E-state index in [1.807, 2.05) is 0 Å². The Hall–Kier alpha value is -0.870. The summed E-state index contributed by atoms with van der Waals surface area (Å²) in [4.78, 5) is 15.5. The van der Waals surface area contributed by atoms with E-state index in [2.05, 4.69) is 55.4 Å². The highest BCUT2D eigenvalue weighted by atomic mass is 32.1. The lowest BCUT2D eigenvalue weighted by molar-refractivity contribution is -0.122. The van der Waals surface area contributed by atoms with Crippen molar-refractivity contribution in [1.29, 1.82) is 0 Å². The summed E-state index contributed by atoms with van der Waals surface area (Å²) in [6.07, 6.45) is 0.607. The van der Waals surface area contributed by atoms with E-state index in [0.29, 0.717) is 24.9 Å². The van der Waals surface area contributed by atoms with Gasteiger partial charge in [0.25, 0.3) is 0 Å². The summed E-state index contributed by atoms with van der Waals surface area (Å²) >= 11 is 1.76. The number of hydrogen-bond acceptors (Lipinski definition) is 3. The molecule has 1 N–H and O–H groups in total. The van der Waals surface area contributed by atoms with Crippen LogP contribution in [0, 0.1) is 5.92 Å². The maximum atomic E-state index is 11.8. The number of amides is 1. The van der Waals surface area contributed by atoms with Crippen molar-refractivity contribution in [3.05, 3.63) is 22.4 Å². The minimum Gasteiger partial charge on any atom is -0.354 e. The first-order valence-corrected chi connectivity index (χ1v) is 8.00. The van der Waals surface area contributed by atoms with Gasteiger partial charge in [-0.05, 0) is 30.5 Å². The second kappa shape index (κ2) is 8.33. The van der Waals surface area contributed by atoms with Crippen LogP contribution >= 0.6 is 11.3 Å². The summed E-state index contributed by atoms with van der Waals surface area (Å²) in [5.41, 5.74) is 0. The van der Waals surface area contributed by atoms with Crippen molar-refractivity contribution in [2.24, 2.45) is 5.92 Å². The van der Waals surface area contributed by atoms with Gasteiger partial charge in [-0.3, -0.25) is 9.69 Å². The first kappa shape index (κ1) is 16.2. The van der Waals surface area contributed by atoms with Crippen LogP contribution in [0.4, 0.5) is 0 Å². The van der Waals surface area contributed by atoms with E-state index in [1.165, 1.54) is 4.88 Å². The molecule has 0 spiro atoms. The van der Waals surface area contributed by atoms with E-state index >= 15 is 0 Å². The Balaban J connectivity index is 2.63. The first-order chi connectivity index (χ1) is 9.08. The van der Waals surface area contributed by atoms with E-state index in [9.17, 15) is 4.79 Å². The van der Waals surface area contributed by atoms with Gasteiger partial charge in [0.15, 0.2) is 0 Å². The molecule has 0 fully saturated rings. The Bertz CT molecular complexity index is 358. The van der Waals surface area contributed by atoms with Gasteiger partial charge in [0.1, 0.15) is 0 Å². The molecule has 1 rings (SSSR count). The molecule has 4 heteroatoms. The van der Waals surface area contributed by atoms with Crippen LogP contribution in [-0.2, 0) is 4.79 Å². The van der Waals surface area contributed by atoms with Gasteiger partial charge in [-0.2, -0.15) is 0 Å². The largest absolute Gasteiger partial charge is 0.354 e. The van der Waals surface area contributed by atoms with E-state index in [-0.39, 0.29) is 5.91 Å². The van der Waals surface area contributed by atoms with Crippen molar-refractivity contribution >= 4 is 17.2 Å². The Kier molecular flexibility index (Phi) is 7.10. The molecule has 1 aromatic rings. The number of nitrogens with one attached hydrogen (secondary N) is 1. The summed E-state index contributed by atoms with van der Waals surface area (Å²) in [7, 11) is 0. The molecule has 1 aromatic heterocycles. The van der Waals surface area contributed by atoms with Crippen molar-refractivity contribution in [2.45, 2.75) is 40.2 Å². The fourth-order valence-corrected chi connectivity index (χ4v) is 3.07. The molecule has 0 aliphatic heterocycles. The number of hydrogen-bond donors (Lipinski definition) is 1. The minimum absolute atomic E-state index is 0.156. The number of carbonyl (C=O) groups is 1. The quantitative estimate of drug-likeness (QED) is 0.793. The zero-order chi connectivity index (χ0) is 14.3. The lowest BCUT2D eigenvalue weighted by Gasteiger charge is -2.29. The van der Waals surface area contributed by atoms with Crippen molar-refractivity contribution < 1.29 is 4.79 Å². The van der Waals surface area contributed by atoms with Crippen LogP contribution < -0.4 is 5.32 Å². The van der Waals surface area contributed by atoms with Gasteiger partial charge in [0, 0.05) is 17.8 Å². The number of carbonyl (C=O) groups excluding carboxylic acids is 1. The normalized spacial score (nSPS) is 12.9. The maximum Gasteiger partial charge on any atom is 0.220 e. The molecule has 0 saturated carbocycles. The van der Waals surface area contributed by atoms with E-state index in [1.54, 1.807) is 11.3 Å². The van der Waals surface area contributed by atoms with Crippen LogP contribution in [0.15, 0.2) is 17.5 Å². The third-order valence-electron chi connectivity index (χ3n) is 3.21. The molecule has 3 nitrogen and oxygen atoms in total. The average molecular weight is 282 g/mol. The van der Waals surface area contributed by atoms with Crippen LogP contribution in [0.5, 0.6) is 0 Å². The van der Waals surface area contributed by atoms with Gasteiger partial charge in [-0.1, -0.05) is 33.8 Å². The standard InChI is InChI=1S/C15H26N2OS/c1-5-17(6-2)13(14-8-7-9-19-14)11-16-15(18)10-12(3)4/h7-9,12-13H,5-6,10-11H2,1-4H3,(H,16,18). The summed E-state index contributed by atoms with van der Waals surface area (Å²) in [6.45, 7) is 11.2. The van der Waals surface area contributed by atoms with Gasteiger partial charge in [-0.25, -0.2) is 0 Å². The Morgan fingerprint density at radius 2 is 2.05 bits per heavy atom. The highest BCUT2D eigenvalue weighted by Crippen LogP contribution is 2.24. The molecule has 0 bridgehead atoms. The number of nitrogens with zero attached hydrogens (tertiary/aromatic N) is 1. The third-order valence-corrected chi connectivity index (χ3v) is 4.18. The molecule has 0 aromatic carbocycles. The highest BCUT2D eigenvalue weighted by molar-refractivity contribution is 7.10. The van der Waals surface area contributed by atoms with Crippen molar-refractivity contribution in [2.75, 3.05) is 19.6 Å². The molecular formula is C15H26N2OS. The van der Waals surface area contributed by atoms with Gasteiger partial charge >= 0.3 is 0 Å².